The van der Waals surface area contributed by atoms with Gasteiger partial charge in [-0.15, -0.1) is 10.2 Å². The van der Waals surface area contributed by atoms with Crippen LogP contribution in [0.5, 0.6) is 0 Å². The highest BCUT2D eigenvalue weighted by atomic mass is 16.4. The Morgan fingerprint density at radius 3 is 2.58 bits per heavy atom. The van der Waals surface area contributed by atoms with Crippen LogP contribution in [0.15, 0.2) is 24.3 Å². The van der Waals surface area contributed by atoms with Crippen molar-refractivity contribution in [1.82, 2.24) is 31.3 Å². The summed E-state index contributed by atoms with van der Waals surface area (Å²) in [5.41, 5.74) is 6.84. The molecule has 0 aliphatic carbocycles. The van der Waals surface area contributed by atoms with Crippen molar-refractivity contribution >= 4 is 35.2 Å². The van der Waals surface area contributed by atoms with Crippen molar-refractivity contribution in [3.8, 4) is 0 Å². The third-order valence-corrected chi connectivity index (χ3v) is 6.65. The SMILES string of the molecule is CC[C@H](C)[C@H](CC(=O)C[C@H](N)C(=O)O)C(=O)NCC(=O)N1c2ccccc2C[C@H]1C(=O)NCc1nn[nH]n1. The summed E-state index contributed by atoms with van der Waals surface area (Å²) in [6.45, 7) is 3.30. The summed E-state index contributed by atoms with van der Waals surface area (Å²) >= 11 is 0. The smallest absolute Gasteiger partial charge is 0.320 e. The first-order valence-corrected chi connectivity index (χ1v) is 12.3. The highest BCUT2D eigenvalue weighted by molar-refractivity contribution is 6.05. The van der Waals surface area contributed by atoms with E-state index in [1.54, 1.807) is 19.1 Å². The topological polar surface area (TPSA) is 213 Å². The van der Waals surface area contributed by atoms with Crippen LogP contribution in [-0.2, 0) is 36.9 Å². The Morgan fingerprint density at radius 1 is 1.18 bits per heavy atom. The molecule has 0 bridgehead atoms. The maximum atomic E-state index is 13.3. The van der Waals surface area contributed by atoms with Gasteiger partial charge in [0.05, 0.1) is 13.1 Å². The number of benzene rings is 1. The number of hydrogen-bond acceptors (Lipinski definition) is 9. The van der Waals surface area contributed by atoms with E-state index in [1.807, 2.05) is 19.1 Å². The third-order valence-electron chi connectivity index (χ3n) is 6.65. The zero-order valence-corrected chi connectivity index (χ0v) is 21.2. The van der Waals surface area contributed by atoms with Crippen molar-refractivity contribution in [2.45, 2.75) is 58.2 Å². The van der Waals surface area contributed by atoms with E-state index < -0.39 is 54.0 Å². The molecule has 14 nitrogen and oxygen atoms in total. The number of aromatic nitrogens is 4. The van der Waals surface area contributed by atoms with Crippen molar-refractivity contribution in [3.63, 3.8) is 0 Å². The van der Waals surface area contributed by atoms with Crippen LogP contribution in [0.4, 0.5) is 5.69 Å². The number of nitrogens with one attached hydrogen (secondary N) is 3. The second-order valence-corrected chi connectivity index (χ2v) is 9.26. The quantitative estimate of drug-likeness (QED) is 0.221. The molecule has 204 valence electrons. The van der Waals surface area contributed by atoms with Crippen LogP contribution in [0.2, 0.25) is 0 Å². The molecule has 1 aliphatic rings. The van der Waals surface area contributed by atoms with Gasteiger partial charge in [-0.05, 0) is 17.5 Å². The summed E-state index contributed by atoms with van der Waals surface area (Å²) < 4.78 is 0. The number of rotatable bonds is 13. The van der Waals surface area contributed by atoms with E-state index in [1.165, 1.54) is 4.90 Å². The van der Waals surface area contributed by atoms with Crippen molar-refractivity contribution in [1.29, 1.82) is 0 Å². The number of nitrogens with two attached hydrogens (primary N) is 1. The molecular formula is C24H32N8O6. The molecular weight excluding hydrogens is 496 g/mol. The van der Waals surface area contributed by atoms with Gasteiger partial charge in [0.2, 0.25) is 17.7 Å². The van der Waals surface area contributed by atoms with Crippen molar-refractivity contribution in [3.05, 3.63) is 35.7 Å². The number of carboxylic acids is 1. The number of nitrogens with zero attached hydrogens (tertiary/aromatic N) is 4. The van der Waals surface area contributed by atoms with Crippen LogP contribution in [0, 0.1) is 11.8 Å². The average Bonchev–Trinajstić information content (AvgIpc) is 3.56. The molecule has 1 aliphatic heterocycles. The number of tetrazole rings is 1. The fraction of sp³-hybridized carbons (Fsp3) is 0.500. The Morgan fingerprint density at radius 2 is 1.92 bits per heavy atom. The first-order valence-electron chi connectivity index (χ1n) is 12.3. The van der Waals surface area contributed by atoms with Gasteiger partial charge in [-0.2, -0.15) is 5.21 Å². The Hall–Kier alpha value is -4.20. The van der Waals surface area contributed by atoms with E-state index in [0.717, 1.165) is 5.56 Å². The maximum Gasteiger partial charge on any atom is 0.320 e. The predicted octanol–water partition coefficient (Wildman–Crippen LogP) is -0.686. The van der Waals surface area contributed by atoms with Gasteiger partial charge in [0.25, 0.3) is 0 Å². The number of fused-ring (bicyclic) bond motifs is 1. The van der Waals surface area contributed by atoms with Gasteiger partial charge in [-0.3, -0.25) is 28.9 Å². The highest BCUT2D eigenvalue weighted by Gasteiger charge is 2.38. The number of carboxylic acid groups (broad SMARTS) is 1. The molecule has 0 unspecified atom stereocenters. The predicted molar refractivity (Wildman–Crippen MR) is 133 cm³/mol. The average molecular weight is 529 g/mol. The summed E-state index contributed by atoms with van der Waals surface area (Å²) in [4.78, 5) is 64.0. The van der Waals surface area contributed by atoms with Crippen LogP contribution in [0.3, 0.4) is 0 Å². The van der Waals surface area contributed by atoms with Crippen LogP contribution >= 0.6 is 0 Å². The number of aromatic amines is 1. The number of para-hydroxylation sites is 1. The minimum Gasteiger partial charge on any atom is -0.480 e. The Labute approximate surface area is 218 Å². The first kappa shape index (κ1) is 28.4. The fourth-order valence-corrected chi connectivity index (χ4v) is 4.32. The Balaban J connectivity index is 1.67. The van der Waals surface area contributed by atoms with Crippen molar-refractivity contribution in [2.24, 2.45) is 17.6 Å². The Kier molecular flexibility index (Phi) is 9.60. The zero-order chi connectivity index (χ0) is 27.8. The maximum absolute atomic E-state index is 13.3. The molecule has 1 aromatic heterocycles. The van der Waals surface area contributed by atoms with Gasteiger partial charge >= 0.3 is 5.97 Å². The van der Waals surface area contributed by atoms with Gasteiger partial charge in [-0.1, -0.05) is 43.7 Å². The van der Waals surface area contributed by atoms with Crippen molar-refractivity contribution in [2.75, 3.05) is 11.4 Å². The number of H-pyrrole nitrogens is 1. The van der Waals surface area contributed by atoms with Crippen LogP contribution in [0.25, 0.3) is 0 Å². The number of hydrogen-bond donors (Lipinski definition) is 5. The lowest BCUT2D eigenvalue weighted by Crippen LogP contribution is -2.51. The summed E-state index contributed by atoms with van der Waals surface area (Å²) in [6.07, 6.45) is 0.303. The van der Waals surface area contributed by atoms with E-state index in [0.29, 0.717) is 18.5 Å². The number of anilines is 1. The van der Waals surface area contributed by atoms with Gasteiger partial charge < -0.3 is 21.5 Å². The minimum atomic E-state index is -1.34. The van der Waals surface area contributed by atoms with E-state index in [2.05, 4.69) is 31.3 Å². The standard InChI is InChI=1S/C24H32N8O6/c1-3-13(2)16(9-15(33)10-17(25)24(37)38)22(35)27-12-21(34)32-18-7-5-4-6-14(18)8-19(32)23(36)26-11-20-28-30-31-29-20/h4-7,13,16-17,19H,3,8-12,25H2,1-2H3,(H,26,36)(H,27,35)(H,37,38)(H,28,29,30,31)/t13-,16-,17-,19-/m0/s1. The van der Waals surface area contributed by atoms with E-state index in [9.17, 15) is 24.0 Å². The van der Waals surface area contributed by atoms with Gasteiger partial charge in [0.15, 0.2) is 5.82 Å². The summed E-state index contributed by atoms with van der Waals surface area (Å²) in [5, 5.41) is 27.6. The fourth-order valence-electron chi connectivity index (χ4n) is 4.32. The van der Waals surface area contributed by atoms with Gasteiger partial charge in [-0.25, -0.2) is 0 Å². The molecule has 14 heteroatoms. The number of Topliss-reactive ketones (excluding diaryl/α,β-unsaturated/α-hetero) is 1. The summed E-state index contributed by atoms with van der Waals surface area (Å²) in [6, 6.07) is 4.94. The summed E-state index contributed by atoms with van der Waals surface area (Å²) in [5.74, 6) is -3.83. The summed E-state index contributed by atoms with van der Waals surface area (Å²) in [7, 11) is 0. The molecule has 3 rings (SSSR count). The number of carbonyl (C=O) groups is 5. The molecule has 1 aromatic carbocycles. The molecule has 0 spiro atoms. The normalized spacial score (nSPS) is 16.7. The molecule has 0 fully saturated rings. The van der Waals surface area contributed by atoms with E-state index in [-0.39, 0.29) is 31.1 Å². The van der Waals surface area contributed by atoms with Crippen LogP contribution < -0.4 is 21.3 Å². The highest BCUT2D eigenvalue weighted by Crippen LogP contribution is 2.32. The second-order valence-electron chi connectivity index (χ2n) is 9.26. The van der Waals surface area contributed by atoms with Gasteiger partial charge in [0, 0.05) is 30.9 Å². The lowest BCUT2D eigenvalue weighted by Gasteiger charge is -2.26. The molecule has 0 saturated carbocycles. The molecule has 0 radical (unpaired) electrons. The largest absolute Gasteiger partial charge is 0.480 e. The molecule has 2 aromatic rings. The molecule has 0 saturated heterocycles. The first-order chi connectivity index (χ1) is 18.1. The number of aliphatic carboxylic acids is 1. The number of ketones is 1. The van der Waals surface area contributed by atoms with E-state index in [4.69, 9.17) is 10.8 Å². The Bertz CT molecular complexity index is 1170. The minimum absolute atomic E-state index is 0.0249. The van der Waals surface area contributed by atoms with Crippen LogP contribution in [0.1, 0.15) is 44.5 Å². The lowest BCUT2D eigenvalue weighted by molar-refractivity contribution is -0.140. The zero-order valence-electron chi connectivity index (χ0n) is 21.2. The third kappa shape index (κ3) is 6.97. The van der Waals surface area contributed by atoms with Crippen LogP contribution in [-0.4, -0.2) is 73.8 Å². The molecule has 2 heterocycles. The lowest BCUT2D eigenvalue weighted by atomic mass is 9.85. The van der Waals surface area contributed by atoms with E-state index >= 15 is 0 Å². The van der Waals surface area contributed by atoms with Gasteiger partial charge in [0.1, 0.15) is 17.9 Å². The molecule has 3 amide bonds. The second kappa shape index (κ2) is 12.9. The monoisotopic (exact) mass is 528 g/mol. The molecule has 38 heavy (non-hydrogen) atoms. The molecule has 6 N–H and O–H groups in total. The van der Waals surface area contributed by atoms with Crippen molar-refractivity contribution < 1.29 is 29.1 Å². The number of amides is 3. The number of carbonyl (C=O) groups excluding carboxylic acids is 4. The molecule has 4 atom stereocenters.